The van der Waals surface area contributed by atoms with E-state index in [0.29, 0.717) is 0 Å². The quantitative estimate of drug-likeness (QED) is 0.882. The lowest BCUT2D eigenvalue weighted by Gasteiger charge is -2.40. The first kappa shape index (κ1) is 15.3. The predicted octanol–water partition coefficient (Wildman–Crippen LogP) is 4.19. The summed E-state index contributed by atoms with van der Waals surface area (Å²) in [4.78, 5) is 0. The van der Waals surface area contributed by atoms with Crippen molar-refractivity contribution in [3.63, 3.8) is 0 Å². The highest BCUT2D eigenvalue weighted by molar-refractivity contribution is 9.10. The Morgan fingerprint density at radius 2 is 2.26 bits per heavy atom. The van der Waals surface area contributed by atoms with Crippen molar-refractivity contribution in [3.8, 4) is 0 Å². The number of halogens is 2. The molecule has 0 radical (unpaired) electrons. The average Bonchev–Trinajstić information content (AvgIpc) is 2.38. The van der Waals surface area contributed by atoms with Crippen molar-refractivity contribution < 1.29 is 4.74 Å². The van der Waals surface area contributed by atoms with Crippen LogP contribution in [0, 0.1) is 0 Å². The summed E-state index contributed by atoms with van der Waals surface area (Å²) in [6.07, 6.45) is 4.40. The number of hydrogen-bond acceptors (Lipinski definition) is 2. The fraction of sp³-hybridized carbons (Fsp3) is 0.600. The normalized spacial score (nSPS) is 25.3. The third-order valence-corrected chi connectivity index (χ3v) is 4.87. The van der Waals surface area contributed by atoms with Crippen LogP contribution in [0.15, 0.2) is 22.7 Å². The Hall–Kier alpha value is -0.0900. The molecule has 106 valence electrons. The number of benzene rings is 1. The average molecular weight is 347 g/mol. The molecule has 1 heterocycles. The van der Waals surface area contributed by atoms with Gasteiger partial charge in [0.2, 0.25) is 0 Å². The van der Waals surface area contributed by atoms with E-state index >= 15 is 0 Å². The minimum Gasteiger partial charge on any atom is -0.374 e. The van der Waals surface area contributed by atoms with E-state index in [1.807, 2.05) is 19.2 Å². The number of nitrogens with one attached hydrogen (secondary N) is 1. The van der Waals surface area contributed by atoms with Crippen LogP contribution in [0.4, 0.5) is 0 Å². The van der Waals surface area contributed by atoms with Gasteiger partial charge >= 0.3 is 0 Å². The Balaban J connectivity index is 2.14. The molecule has 1 aromatic rings. The van der Waals surface area contributed by atoms with Crippen LogP contribution >= 0.6 is 27.5 Å². The summed E-state index contributed by atoms with van der Waals surface area (Å²) in [6.45, 7) is 3.07. The molecule has 2 atom stereocenters. The standard InChI is InChI=1S/C15H21BrClNO/c1-15(7-3-4-8-19-15)14(18-2)9-11-5-6-12(16)10-13(11)17/h5-6,10,14,18H,3-4,7-9H2,1-2H3. The van der Waals surface area contributed by atoms with E-state index in [9.17, 15) is 0 Å². The minimum atomic E-state index is -0.0938. The fourth-order valence-corrected chi connectivity index (χ4v) is 3.51. The highest BCUT2D eigenvalue weighted by Crippen LogP contribution is 2.31. The van der Waals surface area contributed by atoms with E-state index in [-0.39, 0.29) is 11.6 Å². The molecule has 2 unspecified atom stereocenters. The molecule has 0 bridgehead atoms. The molecule has 2 nitrogen and oxygen atoms in total. The van der Waals surface area contributed by atoms with Crippen LogP contribution in [-0.4, -0.2) is 25.3 Å². The Morgan fingerprint density at radius 3 is 2.84 bits per heavy atom. The van der Waals surface area contributed by atoms with E-state index in [4.69, 9.17) is 16.3 Å². The third kappa shape index (κ3) is 3.72. The van der Waals surface area contributed by atoms with Crippen LogP contribution in [-0.2, 0) is 11.2 Å². The van der Waals surface area contributed by atoms with Crippen molar-refractivity contribution in [2.75, 3.05) is 13.7 Å². The van der Waals surface area contributed by atoms with Crippen LogP contribution in [0.5, 0.6) is 0 Å². The summed E-state index contributed by atoms with van der Waals surface area (Å²) in [5, 5.41) is 4.22. The first-order chi connectivity index (χ1) is 9.05. The molecular formula is C15H21BrClNO. The summed E-state index contributed by atoms with van der Waals surface area (Å²) in [6, 6.07) is 6.36. The molecule has 1 aliphatic heterocycles. The van der Waals surface area contributed by atoms with Gasteiger partial charge in [-0.2, -0.15) is 0 Å². The van der Waals surface area contributed by atoms with Crippen molar-refractivity contribution in [1.29, 1.82) is 0 Å². The summed E-state index contributed by atoms with van der Waals surface area (Å²) in [7, 11) is 2.00. The van der Waals surface area contributed by atoms with Gasteiger partial charge in [0, 0.05) is 22.1 Å². The highest BCUT2D eigenvalue weighted by Gasteiger charge is 2.36. The van der Waals surface area contributed by atoms with E-state index in [0.717, 1.165) is 28.9 Å². The van der Waals surface area contributed by atoms with E-state index in [1.165, 1.54) is 18.4 Å². The van der Waals surface area contributed by atoms with E-state index in [1.54, 1.807) is 0 Å². The van der Waals surface area contributed by atoms with Crippen LogP contribution in [0.25, 0.3) is 0 Å². The summed E-state index contributed by atoms with van der Waals surface area (Å²) in [5.74, 6) is 0. The number of rotatable bonds is 4. The lowest BCUT2D eigenvalue weighted by Crippen LogP contribution is -2.52. The molecule has 1 aliphatic rings. The molecule has 2 rings (SSSR count). The molecule has 4 heteroatoms. The molecule has 1 fully saturated rings. The number of likely N-dealkylation sites (N-methyl/N-ethyl adjacent to an activating group) is 1. The molecular weight excluding hydrogens is 326 g/mol. The maximum Gasteiger partial charge on any atom is 0.0809 e. The van der Waals surface area contributed by atoms with Gasteiger partial charge in [0.1, 0.15) is 0 Å². The van der Waals surface area contributed by atoms with Crippen LogP contribution in [0.3, 0.4) is 0 Å². The highest BCUT2D eigenvalue weighted by atomic mass is 79.9. The molecule has 0 aliphatic carbocycles. The molecule has 0 amide bonds. The van der Waals surface area contributed by atoms with Crippen molar-refractivity contribution in [1.82, 2.24) is 5.32 Å². The molecule has 0 saturated carbocycles. The fourth-order valence-electron chi connectivity index (χ4n) is 2.76. The van der Waals surface area contributed by atoms with Crippen LogP contribution < -0.4 is 5.32 Å². The molecule has 1 aromatic carbocycles. The first-order valence-electron chi connectivity index (χ1n) is 6.80. The van der Waals surface area contributed by atoms with Gasteiger partial charge in [-0.3, -0.25) is 0 Å². The SMILES string of the molecule is CNC(Cc1ccc(Br)cc1Cl)C1(C)CCCCO1. The Kier molecular flexibility index (Phi) is 5.29. The molecule has 0 spiro atoms. The molecule has 19 heavy (non-hydrogen) atoms. The summed E-state index contributed by atoms with van der Waals surface area (Å²) >= 11 is 9.76. The summed E-state index contributed by atoms with van der Waals surface area (Å²) in [5.41, 5.74) is 1.07. The molecule has 0 aromatic heterocycles. The summed E-state index contributed by atoms with van der Waals surface area (Å²) < 4.78 is 7.06. The Labute approximate surface area is 129 Å². The third-order valence-electron chi connectivity index (χ3n) is 4.02. The lowest BCUT2D eigenvalue weighted by molar-refractivity contribution is -0.0870. The topological polar surface area (TPSA) is 21.3 Å². The van der Waals surface area contributed by atoms with Gasteiger partial charge in [-0.1, -0.05) is 33.6 Å². The van der Waals surface area contributed by atoms with E-state index < -0.39 is 0 Å². The number of hydrogen-bond donors (Lipinski definition) is 1. The van der Waals surface area contributed by atoms with Gasteiger partial charge in [0.15, 0.2) is 0 Å². The van der Waals surface area contributed by atoms with Crippen molar-refractivity contribution in [2.45, 2.75) is 44.2 Å². The van der Waals surface area contributed by atoms with Gasteiger partial charge in [0.25, 0.3) is 0 Å². The second-order valence-electron chi connectivity index (χ2n) is 5.40. The monoisotopic (exact) mass is 345 g/mol. The van der Waals surface area contributed by atoms with Gasteiger partial charge in [-0.25, -0.2) is 0 Å². The van der Waals surface area contributed by atoms with Gasteiger partial charge in [-0.15, -0.1) is 0 Å². The lowest BCUT2D eigenvalue weighted by atomic mass is 9.85. The van der Waals surface area contributed by atoms with Crippen molar-refractivity contribution in [3.05, 3.63) is 33.3 Å². The van der Waals surface area contributed by atoms with Gasteiger partial charge < -0.3 is 10.1 Å². The maximum atomic E-state index is 6.32. The maximum absolute atomic E-state index is 6.32. The van der Waals surface area contributed by atoms with E-state index in [2.05, 4.69) is 34.2 Å². The van der Waals surface area contributed by atoms with Gasteiger partial charge in [0.05, 0.1) is 5.60 Å². The predicted molar refractivity (Wildman–Crippen MR) is 83.9 cm³/mol. The zero-order chi connectivity index (χ0) is 13.9. The molecule has 1 N–H and O–H groups in total. The zero-order valence-electron chi connectivity index (χ0n) is 11.5. The largest absolute Gasteiger partial charge is 0.374 e. The smallest absolute Gasteiger partial charge is 0.0809 e. The van der Waals surface area contributed by atoms with Crippen molar-refractivity contribution in [2.24, 2.45) is 0 Å². The van der Waals surface area contributed by atoms with Crippen LogP contribution in [0.2, 0.25) is 5.02 Å². The molecule has 1 saturated heterocycles. The van der Waals surface area contributed by atoms with Crippen LogP contribution in [0.1, 0.15) is 31.7 Å². The minimum absolute atomic E-state index is 0.0938. The first-order valence-corrected chi connectivity index (χ1v) is 7.97. The number of ether oxygens (including phenoxy) is 1. The second-order valence-corrected chi connectivity index (χ2v) is 6.72. The second kappa shape index (κ2) is 6.57. The van der Waals surface area contributed by atoms with Crippen molar-refractivity contribution >= 4 is 27.5 Å². The zero-order valence-corrected chi connectivity index (χ0v) is 13.9. The van der Waals surface area contributed by atoms with Gasteiger partial charge in [-0.05, 0) is 57.4 Å². The Morgan fingerprint density at radius 1 is 1.47 bits per heavy atom. The Bertz CT molecular complexity index is 432.